The van der Waals surface area contributed by atoms with Crippen LogP contribution in [0.15, 0.2) is 35.1 Å². The van der Waals surface area contributed by atoms with Crippen LogP contribution in [0.4, 0.5) is 10.2 Å². The zero-order chi connectivity index (χ0) is 24.1. The van der Waals surface area contributed by atoms with E-state index in [4.69, 9.17) is 9.47 Å². The first-order chi connectivity index (χ1) is 17.0. The van der Waals surface area contributed by atoms with Crippen molar-refractivity contribution in [2.45, 2.75) is 0 Å². The molecule has 10 nitrogen and oxygen atoms in total. The number of morpholine rings is 2. The summed E-state index contributed by atoms with van der Waals surface area (Å²) in [7, 11) is 1.81. The van der Waals surface area contributed by atoms with Gasteiger partial charge in [-0.3, -0.25) is 19.4 Å². The molecule has 1 aromatic carbocycles. The van der Waals surface area contributed by atoms with Crippen LogP contribution in [0.5, 0.6) is 0 Å². The van der Waals surface area contributed by atoms with Gasteiger partial charge >= 0.3 is 0 Å². The van der Waals surface area contributed by atoms with Crippen LogP contribution in [-0.4, -0.2) is 77.5 Å². The number of carbonyl (C=O) groups is 1. The molecule has 2 aliphatic heterocycles. The van der Waals surface area contributed by atoms with Crippen molar-refractivity contribution in [3.05, 3.63) is 51.9 Å². The lowest BCUT2D eigenvalue weighted by Gasteiger charge is -2.28. The van der Waals surface area contributed by atoms with E-state index >= 15 is 4.39 Å². The van der Waals surface area contributed by atoms with Gasteiger partial charge in [0.2, 0.25) is 5.43 Å². The van der Waals surface area contributed by atoms with Crippen LogP contribution in [0.2, 0.25) is 0 Å². The Hall–Kier alpha value is -3.54. The number of benzene rings is 1. The first kappa shape index (κ1) is 22.0. The summed E-state index contributed by atoms with van der Waals surface area (Å²) >= 11 is 0. The molecule has 2 saturated heterocycles. The number of carbonyl (C=O) groups excluding carboxylic acids is 1. The Morgan fingerprint density at radius 1 is 1.03 bits per heavy atom. The Labute approximate surface area is 199 Å². The van der Waals surface area contributed by atoms with Gasteiger partial charge < -0.3 is 18.9 Å². The van der Waals surface area contributed by atoms with Crippen LogP contribution in [0.25, 0.3) is 27.7 Å². The molecule has 1 N–H and O–H groups in total. The smallest absolute Gasteiger partial charge is 0.273 e. The fraction of sp³-hybridized carbons (Fsp3) is 0.375. The molecule has 5 heterocycles. The first-order valence-electron chi connectivity index (χ1n) is 11.6. The number of ether oxygens (including phenoxy) is 2. The molecule has 6 rings (SSSR count). The van der Waals surface area contributed by atoms with Crippen molar-refractivity contribution in [3.8, 4) is 0 Å². The molecule has 0 radical (unpaired) electrons. The molecule has 0 saturated carbocycles. The summed E-state index contributed by atoms with van der Waals surface area (Å²) in [5.41, 5.74) is 4.52. The first-order valence-corrected chi connectivity index (χ1v) is 11.6. The number of para-hydroxylation sites is 2. The van der Waals surface area contributed by atoms with Crippen molar-refractivity contribution in [2.75, 3.05) is 57.5 Å². The van der Waals surface area contributed by atoms with Gasteiger partial charge in [0.15, 0.2) is 17.3 Å². The van der Waals surface area contributed by atoms with Crippen LogP contribution >= 0.6 is 0 Å². The second kappa shape index (κ2) is 8.59. The van der Waals surface area contributed by atoms with Gasteiger partial charge in [-0.15, -0.1) is 0 Å². The van der Waals surface area contributed by atoms with Crippen LogP contribution in [-0.2, 0) is 16.5 Å². The van der Waals surface area contributed by atoms with Crippen LogP contribution in [0.3, 0.4) is 0 Å². The summed E-state index contributed by atoms with van der Waals surface area (Å²) in [5.74, 6) is -0.969. The number of anilines is 1. The maximum Gasteiger partial charge on any atom is 0.273 e. The van der Waals surface area contributed by atoms with E-state index in [-0.39, 0.29) is 16.8 Å². The third-order valence-corrected chi connectivity index (χ3v) is 6.67. The van der Waals surface area contributed by atoms with Crippen molar-refractivity contribution in [1.82, 2.24) is 24.4 Å². The van der Waals surface area contributed by atoms with Gasteiger partial charge in [-0.05, 0) is 18.2 Å². The van der Waals surface area contributed by atoms with Gasteiger partial charge in [-0.25, -0.2) is 14.4 Å². The zero-order valence-electron chi connectivity index (χ0n) is 19.3. The van der Waals surface area contributed by atoms with Crippen molar-refractivity contribution >= 4 is 39.4 Å². The van der Waals surface area contributed by atoms with Gasteiger partial charge in [0.25, 0.3) is 5.91 Å². The normalized spacial score (nSPS) is 17.5. The number of hydrazine groups is 1. The topological polar surface area (TPSA) is 93.3 Å². The molecule has 0 unspecified atom stereocenters. The van der Waals surface area contributed by atoms with Gasteiger partial charge in [-0.1, -0.05) is 12.1 Å². The maximum absolute atomic E-state index is 15.3. The second-order valence-electron chi connectivity index (χ2n) is 8.72. The van der Waals surface area contributed by atoms with Gasteiger partial charge in [0.05, 0.1) is 42.8 Å². The van der Waals surface area contributed by atoms with E-state index in [2.05, 4.69) is 10.4 Å². The fourth-order valence-corrected chi connectivity index (χ4v) is 4.93. The number of nitrogens with zero attached hydrogens (tertiary/aromatic N) is 5. The lowest BCUT2D eigenvalue weighted by molar-refractivity contribution is 0.0126. The molecule has 182 valence electrons. The van der Waals surface area contributed by atoms with E-state index in [0.29, 0.717) is 63.9 Å². The molecule has 0 bridgehead atoms. The summed E-state index contributed by atoms with van der Waals surface area (Å²) in [6, 6.07) is 8.78. The lowest BCUT2D eigenvalue weighted by atomic mass is 10.1. The predicted molar refractivity (Wildman–Crippen MR) is 128 cm³/mol. The molecule has 3 aromatic heterocycles. The van der Waals surface area contributed by atoms with Gasteiger partial charge in [0.1, 0.15) is 11.2 Å². The SMILES string of the molecule is Cn1c2ccccc2n2c3nc(N4CCOCC4)c(F)cc3c(=O)c(C(=O)NN3CCOCC3)c12. The molecule has 0 atom stereocenters. The minimum absolute atomic E-state index is 0.0528. The van der Waals surface area contributed by atoms with Crippen LogP contribution in [0.1, 0.15) is 10.4 Å². The minimum Gasteiger partial charge on any atom is -0.379 e. The molecule has 1 amide bonds. The highest BCUT2D eigenvalue weighted by Gasteiger charge is 2.27. The van der Waals surface area contributed by atoms with Crippen molar-refractivity contribution in [1.29, 1.82) is 0 Å². The Bertz CT molecular complexity index is 1520. The lowest BCUT2D eigenvalue weighted by Crippen LogP contribution is -2.49. The molecule has 2 fully saturated rings. The van der Waals surface area contributed by atoms with E-state index in [0.717, 1.165) is 11.0 Å². The predicted octanol–water partition coefficient (Wildman–Crippen LogP) is 1.29. The van der Waals surface area contributed by atoms with E-state index in [1.165, 1.54) is 6.07 Å². The Morgan fingerprint density at radius 3 is 2.40 bits per heavy atom. The molecule has 4 aromatic rings. The van der Waals surface area contributed by atoms with Crippen LogP contribution in [0, 0.1) is 5.82 Å². The van der Waals surface area contributed by atoms with Crippen LogP contribution < -0.4 is 15.8 Å². The third kappa shape index (κ3) is 3.54. The number of fused-ring (bicyclic) bond motifs is 5. The van der Waals surface area contributed by atoms with Gasteiger partial charge in [0, 0.05) is 33.2 Å². The van der Waals surface area contributed by atoms with Crippen molar-refractivity contribution < 1.29 is 18.7 Å². The number of pyridine rings is 2. The Morgan fingerprint density at radius 2 is 1.69 bits per heavy atom. The van der Waals surface area contributed by atoms with E-state index < -0.39 is 17.2 Å². The largest absolute Gasteiger partial charge is 0.379 e. The minimum atomic E-state index is -0.601. The number of halogens is 1. The average Bonchev–Trinajstić information content (AvgIpc) is 3.17. The highest BCUT2D eigenvalue weighted by molar-refractivity contribution is 6.05. The molecule has 11 heteroatoms. The highest BCUT2D eigenvalue weighted by atomic mass is 19.1. The zero-order valence-corrected chi connectivity index (χ0v) is 19.3. The van der Waals surface area contributed by atoms with Crippen molar-refractivity contribution in [3.63, 3.8) is 0 Å². The molecule has 0 spiro atoms. The molecular weight excluding hydrogens is 455 g/mol. The number of hydrogen-bond donors (Lipinski definition) is 1. The Balaban J connectivity index is 1.64. The van der Waals surface area contributed by atoms with Crippen molar-refractivity contribution in [2.24, 2.45) is 7.05 Å². The summed E-state index contributed by atoms with van der Waals surface area (Å²) in [5, 5.41) is 1.79. The molecule has 2 aliphatic rings. The number of hydrogen-bond acceptors (Lipinski definition) is 7. The second-order valence-corrected chi connectivity index (χ2v) is 8.72. The molecule has 0 aliphatic carbocycles. The van der Waals surface area contributed by atoms with Gasteiger partial charge in [-0.2, -0.15) is 0 Å². The number of amides is 1. The van der Waals surface area contributed by atoms with E-state index in [1.807, 2.05) is 33.7 Å². The molecular formula is C24H25FN6O4. The molecule has 35 heavy (non-hydrogen) atoms. The summed E-state index contributed by atoms with van der Waals surface area (Å²) in [6.07, 6.45) is 0. The standard InChI is InChI=1S/C24H25FN6O4/c1-28-17-4-2-3-5-18(17)31-21-15(14-16(25)22(26-21)29-6-10-34-11-7-29)20(32)19(24(28)31)23(33)27-30-8-12-35-13-9-30/h2-5,14H,6-13H2,1H3,(H,27,33). The number of aromatic nitrogens is 3. The highest BCUT2D eigenvalue weighted by Crippen LogP contribution is 2.28. The number of rotatable bonds is 3. The maximum atomic E-state index is 15.3. The van der Waals surface area contributed by atoms with E-state index in [9.17, 15) is 9.59 Å². The average molecular weight is 481 g/mol. The summed E-state index contributed by atoms with van der Waals surface area (Å²) < 4.78 is 29.6. The summed E-state index contributed by atoms with van der Waals surface area (Å²) in [4.78, 5) is 33.7. The third-order valence-electron chi connectivity index (χ3n) is 6.67. The number of aryl methyl sites for hydroxylation is 1. The quantitative estimate of drug-likeness (QED) is 0.472. The Kier molecular flexibility index (Phi) is 5.39. The van der Waals surface area contributed by atoms with E-state index in [1.54, 1.807) is 16.5 Å². The number of imidazole rings is 1. The summed E-state index contributed by atoms with van der Waals surface area (Å²) in [6.45, 7) is 3.95. The monoisotopic (exact) mass is 480 g/mol. The fourth-order valence-electron chi connectivity index (χ4n) is 4.93. The number of nitrogens with one attached hydrogen (secondary N) is 1.